The summed E-state index contributed by atoms with van der Waals surface area (Å²) in [5, 5.41) is 7.42. The average Bonchev–Trinajstić information content (AvgIpc) is 3.43. The minimum absolute atomic E-state index is 0.271. The molecule has 0 saturated carbocycles. The lowest BCUT2D eigenvalue weighted by Gasteiger charge is -2.48. The molecule has 11 nitrogen and oxygen atoms in total. The number of nitrogens with zero attached hydrogens (tertiary/aromatic N) is 6. The second-order valence-electron chi connectivity index (χ2n) is 11.7. The Morgan fingerprint density at radius 2 is 1.90 bits per heavy atom. The molecule has 0 aromatic carbocycles. The molecule has 0 atom stereocenters. The fraction of sp³-hybridized carbons (Fsp3) is 0.500. The SMILES string of the molecule is COc1cn2nc(C)cc2cc1NC(=O)N1CCc2c(N3CCN(C(=O)OC(C)(C)C)C(C)(C)C3)ccnc21. The van der Waals surface area contributed by atoms with Gasteiger partial charge in [0, 0.05) is 43.6 Å². The van der Waals surface area contributed by atoms with Crippen LogP contribution in [-0.2, 0) is 11.2 Å². The summed E-state index contributed by atoms with van der Waals surface area (Å²) in [5.74, 6) is 1.17. The summed E-state index contributed by atoms with van der Waals surface area (Å²) in [4.78, 5) is 36.6. The molecule has 2 aliphatic heterocycles. The number of ether oxygens (including phenoxy) is 2. The molecule has 5 heterocycles. The third-order valence-corrected chi connectivity index (χ3v) is 7.10. The van der Waals surface area contributed by atoms with Gasteiger partial charge in [-0.05, 0) is 66.2 Å². The number of rotatable bonds is 3. The molecule has 0 aliphatic carbocycles. The highest BCUT2D eigenvalue weighted by Crippen LogP contribution is 2.37. The van der Waals surface area contributed by atoms with Crippen LogP contribution in [0.25, 0.3) is 5.52 Å². The molecular formula is C28H37N7O4. The molecule has 0 spiro atoms. The van der Waals surface area contributed by atoms with Gasteiger partial charge < -0.3 is 19.7 Å². The molecule has 2 aliphatic rings. The summed E-state index contributed by atoms with van der Waals surface area (Å²) in [6, 6.07) is 5.52. The number of aromatic nitrogens is 3. The van der Waals surface area contributed by atoms with Crippen LogP contribution in [0.1, 0.15) is 45.9 Å². The minimum Gasteiger partial charge on any atom is -0.493 e. The summed E-state index contributed by atoms with van der Waals surface area (Å²) in [5.41, 5.74) is 3.39. The molecule has 5 rings (SSSR count). The minimum atomic E-state index is -0.548. The van der Waals surface area contributed by atoms with Crippen LogP contribution in [0.5, 0.6) is 5.75 Å². The van der Waals surface area contributed by atoms with Crippen molar-refractivity contribution >= 4 is 34.8 Å². The van der Waals surface area contributed by atoms with E-state index in [0.29, 0.717) is 49.9 Å². The average molecular weight is 536 g/mol. The van der Waals surface area contributed by atoms with Gasteiger partial charge in [-0.25, -0.2) is 19.1 Å². The van der Waals surface area contributed by atoms with Gasteiger partial charge in [-0.15, -0.1) is 0 Å². The second kappa shape index (κ2) is 9.62. The number of fused-ring (bicyclic) bond motifs is 2. The van der Waals surface area contributed by atoms with Crippen molar-refractivity contribution in [1.29, 1.82) is 0 Å². The number of methoxy groups -OCH3 is 1. The summed E-state index contributed by atoms with van der Waals surface area (Å²) >= 11 is 0. The maximum absolute atomic E-state index is 13.4. The molecule has 0 radical (unpaired) electrons. The van der Waals surface area contributed by atoms with Crippen molar-refractivity contribution in [2.45, 2.75) is 59.1 Å². The number of amides is 3. The summed E-state index contributed by atoms with van der Waals surface area (Å²) in [6.45, 7) is 14.0. The zero-order valence-corrected chi connectivity index (χ0v) is 23.7. The van der Waals surface area contributed by atoms with E-state index in [2.05, 4.69) is 34.1 Å². The molecular weight excluding hydrogens is 498 g/mol. The van der Waals surface area contributed by atoms with Crippen molar-refractivity contribution in [3.8, 4) is 5.75 Å². The second-order valence-corrected chi connectivity index (χ2v) is 11.7. The van der Waals surface area contributed by atoms with Crippen LogP contribution in [-0.4, -0.2) is 76.1 Å². The Labute approximate surface area is 228 Å². The Hall–Kier alpha value is -4.02. The van der Waals surface area contributed by atoms with E-state index in [4.69, 9.17) is 9.47 Å². The van der Waals surface area contributed by atoms with Crippen molar-refractivity contribution < 1.29 is 19.1 Å². The molecule has 1 N–H and O–H groups in total. The van der Waals surface area contributed by atoms with Crippen molar-refractivity contribution in [2.75, 3.05) is 48.4 Å². The fourth-order valence-corrected chi connectivity index (χ4v) is 5.37. The number of pyridine rings is 2. The Morgan fingerprint density at radius 1 is 1.13 bits per heavy atom. The third-order valence-electron chi connectivity index (χ3n) is 7.10. The number of urea groups is 1. The number of nitrogens with one attached hydrogen (secondary N) is 1. The first-order valence-corrected chi connectivity index (χ1v) is 13.2. The standard InChI is InChI=1S/C28H37N7O4/c1-18-14-19-15-21(23(38-7)16-35(19)31-18)30-25(36)33-11-9-20-22(8-10-29-24(20)33)32-12-13-34(28(5,6)17-32)26(37)39-27(2,3)4/h8,10,14-16H,9,11-13,17H2,1-7H3,(H,30,36). The van der Waals surface area contributed by atoms with Gasteiger partial charge in [0.05, 0.1) is 35.7 Å². The van der Waals surface area contributed by atoms with Gasteiger partial charge in [-0.1, -0.05) is 0 Å². The van der Waals surface area contributed by atoms with E-state index < -0.39 is 11.1 Å². The summed E-state index contributed by atoms with van der Waals surface area (Å²) in [6.07, 6.45) is 3.89. The van der Waals surface area contributed by atoms with Gasteiger partial charge in [0.25, 0.3) is 0 Å². The Balaban J connectivity index is 1.35. The monoisotopic (exact) mass is 535 g/mol. The zero-order chi connectivity index (χ0) is 28.1. The quantitative estimate of drug-likeness (QED) is 0.527. The lowest BCUT2D eigenvalue weighted by molar-refractivity contribution is 0.000363. The van der Waals surface area contributed by atoms with Crippen LogP contribution in [0.2, 0.25) is 0 Å². The van der Waals surface area contributed by atoms with Crippen molar-refractivity contribution in [1.82, 2.24) is 19.5 Å². The van der Waals surface area contributed by atoms with Crippen LogP contribution in [0, 0.1) is 6.92 Å². The van der Waals surface area contributed by atoms with Crippen LogP contribution >= 0.6 is 0 Å². The van der Waals surface area contributed by atoms with Gasteiger partial charge in [0.1, 0.15) is 11.4 Å². The maximum Gasteiger partial charge on any atom is 0.410 e. The van der Waals surface area contributed by atoms with Crippen LogP contribution in [0.15, 0.2) is 30.6 Å². The van der Waals surface area contributed by atoms with E-state index in [0.717, 1.165) is 22.5 Å². The molecule has 0 bridgehead atoms. The van der Waals surface area contributed by atoms with Crippen molar-refractivity contribution in [3.63, 3.8) is 0 Å². The predicted octanol–water partition coefficient (Wildman–Crippen LogP) is 4.48. The molecule has 3 amide bonds. The summed E-state index contributed by atoms with van der Waals surface area (Å²) < 4.78 is 12.9. The maximum atomic E-state index is 13.4. The smallest absolute Gasteiger partial charge is 0.410 e. The largest absolute Gasteiger partial charge is 0.493 e. The van der Waals surface area contributed by atoms with E-state index in [9.17, 15) is 9.59 Å². The molecule has 208 valence electrons. The van der Waals surface area contributed by atoms with Gasteiger partial charge >= 0.3 is 12.1 Å². The van der Waals surface area contributed by atoms with Gasteiger partial charge in [0.2, 0.25) is 0 Å². The highest BCUT2D eigenvalue weighted by atomic mass is 16.6. The lowest BCUT2D eigenvalue weighted by Crippen LogP contribution is -2.62. The van der Waals surface area contributed by atoms with E-state index in [1.54, 1.807) is 28.9 Å². The number of carbonyl (C=O) groups is 2. The number of hydrogen-bond acceptors (Lipinski definition) is 7. The number of hydrogen-bond donors (Lipinski definition) is 1. The molecule has 1 fully saturated rings. The molecule has 39 heavy (non-hydrogen) atoms. The highest BCUT2D eigenvalue weighted by molar-refractivity contribution is 6.04. The van der Waals surface area contributed by atoms with Crippen LogP contribution < -0.4 is 19.9 Å². The van der Waals surface area contributed by atoms with E-state index in [-0.39, 0.29) is 12.1 Å². The van der Waals surface area contributed by atoms with Gasteiger partial charge in [0.15, 0.2) is 5.75 Å². The third kappa shape index (κ3) is 5.17. The number of anilines is 3. The predicted molar refractivity (Wildman–Crippen MR) is 150 cm³/mol. The van der Waals surface area contributed by atoms with E-state index in [1.165, 1.54) is 0 Å². The number of piperazine rings is 1. The first-order chi connectivity index (χ1) is 18.4. The van der Waals surface area contributed by atoms with Crippen LogP contribution in [0.3, 0.4) is 0 Å². The molecule has 3 aromatic heterocycles. The molecule has 0 unspecified atom stereocenters. The molecule has 3 aromatic rings. The Bertz CT molecular complexity index is 1430. The van der Waals surface area contributed by atoms with Crippen LogP contribution in [0.4, 0.5) is 26.8 Å². The Kier molecular flexibility index (Phi) is 6.56. The highest BCUT2D eigenvalue weighted by Gasteiger charge is 2.40. The number of aryl methyl sites for hydroxylation is 1. The summed E-state index contributed by atoms with van der Waals surface area (Å²) in [7, 11) is 1.57. The zero-order valence-electron chi connectivity index (χ0n) is 23.7. The van der Waals surface area contributed by atoms with E-state index >= 15 is 0 Å². The van der Waals surface area contributed by atoms with Crippen molar-refractivity contribution in [3.05, 3.63) is 41.9 Å². The molecule has 11 heteroatoms. The van der Waals surface area contributed by atoms with E-state index in [1.807, 2.05) is 50.8 Å². The fourth-order valence-electron chi connectivity index (χ4n) is 5.37. The first-order valence-electron chi connectivity index (χ1n) is 13.2. The Morgan fingerprint density at radius 3 is 2.59 bits per heavy atom. The first kappa shape index (κ1) is 26.6. The van der Waals surface area contributed by atoms with Gasteiger partial charge in [-0.2, -0.15) is 5.10 Å². The van der Waals surface area contributed by atoms with Gasteiger partial charge in [-0.3, -0.25) is 9.80 Å². The normalized spacial score (nSPS) is 16.8. The number of carbonyl (C=O) groups excluding carboxylic acids is 2. The molecule has 1 saturated heterocycles. The topological polar surface area (TPSA) is 105 Å². The lowest BCUT2D eigenvalue weighted by atomic mass is 9.98. The van der Waals surface area contributed by atoms with Crippen molar-refractivity contribution in [2.24, 2.45) is 0 Å².